The quantitative estimate of drug-likeness (QED) is 0.654. The molecule has 1 heterocycles. The highest BCUT2D eigenvalue weighted by atomic mass is 16.1. The van der Waals surface area contributed by atoms with E-state index in [1.54, 1.807) is 0 Å². The lowest BCUT2D eigenvalue weighted by molar-refractivity contribution is 0.866. The van der Waals surface area contributed by atoms with Crippen LogP contribution in [0.15, 0.2) is 17.2 Å². The second-order valence-electron chi connectivity index (χ2n) is 2.15. The molecule has 0 bridgehead atoms. The zero-order valence-corrected chi connectivity index (χ0v) is 5.92. The zero-order chi connectivity index (χ0) is 7.40. The van der Waals surface area contributed by atoms with Gasteiger partial charge in [-0.25, -0.2) is 4.98 Å². The van der Waals surface area contributed by atoms with Gasteiger partial charge in [0.2, 0.25) is 0 Å². The van der Waals surface area contributed by atoms with Crippen molar-refractivity contribution in [1.82, 2.24) is 9.97 Å². The van der Waals surface area contributed by atoms with Gasteiger partial charge in [0.25, 0.3) is 5.56 Å². The lowest BCUT2D eigenvalue weighted by Gasteiger charge is -1.92. The number of hydrogen-bond donors (Lipinski definition) is 1. The maximum absolute atomic E-state index is 10.7. The third-order valence-electron chi connectivity index (χ3n) is 1.24. The van der Waals surface area contributed by atoms with Gasteiger partial charge in [0.05, 0.1) is 6.33 Å². The first-order valence-corrected chi connectivity index (χ1v) is 3.36. The Morgan fingerprint density at radius 1 is 1.70 bits per heavy atom. The van der Waals surface area contributed by atoms with E-state index in [1.165, 1.54) is 12.4 Å². The van der Waals surface area contributed by atoms with Crippen LogP contribution in [0.5, 0.6) is 0 Å². The van der Waals surface area contributed by atoms with Gasteiger partial charge in [-0.05, 0) is 6.42 Å². The molecule has 0 aliphatic rings. The molecule has 0 unspecified atom stereocenters. The van der Waals surface area contributed by atoms with Crippen LogP contribution in [0.1, 0.15) is 19.0 Å². The summed E-state index contributed by atoms with van der Waals surface area (Å²) in [5.74, 6) is 0. The normalized spacial score (nSPS) is 9.70. The number of nitrogens with zero attached hydrogens (tertiary/aromatic N) is 1. The number of nitrogens with one attached hydrogen (secondary N) is 1. The Balaban J connectivity index is 2.85. The number of hydrogen-bond acceptors (Lipinski definition) is 2. The van der Waals surface area contributed by atoms with Gasteiger partial charge in [-0.1, -0.05) is 13.3 Å². The Morgan fingerprint density at radius 3 is 3.10 bits per heavy atom. The summed E-state index contributed by atoms with van der Waals surface area (Å²) in [6.07, 6.45) is 3.34. The molecule has 0 saturated heterocycles. The van der Waals surface area contributed by atoms with Gasteiger partial charge in [-0.3, -0.25) is 4.79 Å². The summed E-state index contributed by atoms with van der Waals surface area (Å²) >= 11 is 0. The maximum atomic E-state index is 10.7. The topological polar surface area (TPSA) is 45.8 Å². The molecule has 3 heteroatoms. The molecular weight excluding hydrogens is 128 g/mol. The Kier molecular flexibility index (Phi) is 2.20. The van der Waals surface area contributed by atoms with E-state index >= 15 is 0 Å². The van der Waals surface area contributed by atoms with E-state index in [0.29, 0.717) is 0 Å². The Morgan fingerprint density at radius 2 is 2.50 bits per heavy atom. The van der Waals surface area contributed by atoms with Crippen LogP contribution in [0, 0.1) is 0 Å². The largest absolute Gasteiger partial charge is 0.313 e. The molecule has 0 radical (unpaired) electrons. The van der Waals surface area contributed by atoms with Crippen LogP contribution >= 0.6 is 0 Å². The van der Waals surface area contributed by atoms with Crippen LogP contribution in [0.25, 0.3) is 0 Å². The van der Waals surface area contributed by atoms with Crippen LogP contribution in [0.2, 0.25) is 0 Å². The molecule has 1 N–H and O–H groups in total. The van der Waals surface area contributed by atoms with E-state index in [2.05, 4.69) is 16.9 Å². The average Bonchev–Trinajstić information content (AvgIpc) is 1.88. The molecule has 0 amide bonds. The number of H-pyrrole nitrogens is 1. The van der Waals surface area contributed by atoms with Gasteiger partial charge in [0.15, 0.2) is 0 Å². The third kappa shape index (κ3) is 1.69. The molecule has 10 heavy (non-hydrogen) atoms. The van der Waals surface area contributed by atoms with Crippen molar-refractivity contribution in [2.24, 2.45) is 0 Å². The van der Waals surface area contributed by atoms with E-state index in [0.717, 1.165) is 18.5 Å². The van der Waals surface area contributed by atoms with E-state index in [4.69, 9.17) is 0 Å². The second kappa shape index (κ2) is 3.15. The van der Waals surface area contributed by atoms with Crippen molar-refractivity contribution in [2.45, 2.75) is 19.8 Å². The minimum Gasteiger partial charge on any atom is -0.313 e. The molecule has 54 valence electrons. The van der Waals surface area contributed by atoms with Crippen molar-refractivity contribution in [1.29, 1.82) is 0 Å². The number of aromatic amines is 1. The summed E-state index contributed by atoms with van der Waals surface area (Å²) in [6.45, 7) is 2.06. The molecule has 0 saturated carbocycles. The third-order valence-corrected chi connectivity index (χ3v) is 1.24. The predicted octanol–water partition coefficient (Wildman–Crippen LogP) is 0.722. The molecule has 3 nitrogen and oxygen atoms in total. The van der Waals surface area contributed by atoms with Crippen molar-refractivity contribution in [2.75, 3.05) is 0 Å². The molecule has 1 rings (SSSR count). The number of aromatic nitrogens is 2. The molecule has 0 fully saturated rings. The van der Waals surface area contributed by atoms with Crippen LogP contribution in [0.3, 0.4) is 0 Å². The lowest BCUT2D eigenvalue weighted by Crippen LogP contribution is -2.06. The summed E-state index contributed by atoms with van der Waals surface area (Å²) in [6, 6.07) is 1.53. The minimum atomic E-state index is -0.0709. The summed E-state index contributed by atoms with van der Waals surface area (Å²) in [4.78, 5) is 17.1. The fourth-order valence-corrected chi connectivity index (χ4v) is 0.802. The Labute approximate surface area is 59.1 Å². The summed E-state index contributed by atoms with van der Waals surface area (Å²) in [7, 11) is 0. The first-order chi connectivity index (χ1) is 4.83. The molecule has 0 aromatic carbocycles. The lowest BCUT2D eigenvalue weighted by atomic mass is 10.2. The van der Waals surface area contributed by atoms with Gasteiger partial charge in [0.1, 0.15) is 0 Å². The smallest absolute Gasteiger partial charge is 0.250 e. The number of aryl methyl sites for hydroxylation is 1. The zero-order valence-electron chi connectivity index (χ0n) is 5.92. The van der Waals surface area contributed by atoms with Gasteiger partial charge in [-0.15, -0.1) is 0 Å². The average molecular weight is 138 g/mol. The highest BCUT2D eigenvalue weighted by Crippen LogP contribution is 1.91. The van der Waals surface area contributed by atoms with Gasteiger partial charge < -0.3 is 4.98 Å². The van der Waals surface area contributed by atoms with Crippen molar-refractivity contribution >= 4 is 0 Å². The van der Waals surface area contributed by atoms with E-state index in [1.807, 2.05) is 0 Å². The molecule has 1 aromatic heterocycles. The van der Waals surface area contributed by atoms with Gasteiger partial charge >= 0.3 is 0 Å². The molecule has 0 atom stereocenters. The predicted molar refractivity (Wildman–Crippen MR) is 38.9 cm³/mol. The minimum absolute atomic E-state index is 0.0709. The first-order valence-electron chi connectivity index (χ1n) is 3.36. The first kappa shape index (κ1) is 6.99. The molecule has 1 aromatic rings. The Bertz CT molecular complexity index is 254. The summed E-state index contributed by atoms with van der Waals surface area (Å²) < 4.78 is 0. The maximum Gasteiger partial charge on any atom is 0.250 e. The number of rotatable bonds is 2. The van der Waals surface area contributed by atoms with Crippen LogP contribution in [-0.4, -0.2) is 9.97 Å². The monoisotopic (exact) mass is 138 g/mol. The SMILES string of the molecule is CCCc1cc(=O)[nH]cn1. The molecule has 0 aliphatic heterocycles. The van der Waals surface area contributed by atoms with E-state index in [-0.39, 0.29) is 5.56 Å². The highest BCUT2D eigenvalue weighted by Gasteiger charge is 1.90. The standard InChI is InChI=1S/C7H10N2O/c1-2-3-6-4-7(10)9-5-8-6/h4-5H,2-3H2,1H3,(H,8,9,10). The van der Waals surface area contributed by atoms with Crippen molar-refractivity contribution in [3.63, 3.8) is 0 Å². The fourth-order valence-electron chi connectivity index (χ4n) is 0.802. The molecule has 0 spiro atoms. The summed E-state index contributed by atoms with van der Waals surface area (Å²) in [5, 5.41) is 0. The second-order valence-corrected chi connectivity index (χ2v) is 2.15. The fraction of sp³-hybridized carbons (Fsp3) is 0.429. The molecular formula is C7H10N2O. The van der Waals surface area contributed by atoms with E-state index in [9.17, 15) is 4.79 Å². The van der Waals surface area contributed by atoms with Crippen LogP contribution in [0.4, 0.5) is 0 Å². The Hall–Kier alpha value is -1.12. The van der Waals surface area contributed by atoms with Crippen molar-refractivity contribution in [3.05, 3.63) is 28.4 Å². The molecule has 0 aliphatic carbocycles. The van der Waals surface area contributed by atoms with Crippen LogP contribution in [-0.2, 0) is 6.42 Å². The highest BCUT2D eigenvalue weighted by molar-refractivity contribution is 4.97. The van der Waals surface area contributed by atoms with E-state index < -0.39 is 0 Å². The van der Waals surface area contributed by atoms with Crippen molar-refractivity contribution < 1.29 is 0 Å². The van der Waals surface area contributed by atoms with Gasteiger partial charge in [-0.2, -0.15) is 0 Å². The van der Waals surface area contributed by atoms with Gasteiger partial charge in [0, 0.05) is 11.8 Å². The summed E-state index contributed by atoms with van der Waals surface area (Å²) in [5.41, 5.74) is 0.796. The van der Waals surface area contributed by atoms with Crippen molar-refractivity contribution in [3.8, 4) is 0 Å². The van der Waals surface area contributed by atoms with Crippen LogP contribution < -0.4 is 5.56 Å².